The average molecular weight is 290 g/mol. The second kappa shape index (κ2) is 5.99. The number of nitrogens with zero attached hydrogens (tertiary/aromatic N) is 1. The van der Waals surface area contributed by atoms with E-state index in [1.807, 2.05) is 13.0 Å². The zero-order chi connectivity index (χ0) is 14.8. The van der Waals surface area contributed by atoms with Crippen molar-refractivity contribution in [2.45, 2.75) is 44.8 Å². The molecule has 0 aromatic carbocycles. The molecule has 0 spiro atoms. The molecule has 6 nitrogen and oxygen atoms in total. The highest BCUT2D eigenvalue weighted by molar-refractivity contribution is 5.95. The van der Waals surface area contributed by atoms with Gasteiger partial charge in [-0.15, -0.1) is 0 Å². The number of hydrogen-bond donors (Lipinski definition) is 3. The molecule has 1 saturated carbocycles. The summed E-state index contributed by atoms with van der Waals surface area (Å²) in [5.41, 5.74) is 3.95. The number of carbonyl (C=O) groups excluding carboxylic acids is 1. The number of nitrogen functional groups attached to an aromatic ring is 1. The van der Waals surface area contributed by atoms with Crippen LogP contribution in [-0.4, -0.2) is 29.6 Å². The summed E-state index contributed by atoms with van der Waals surface area (Å²) in [6, 6.07) is 3.62. The first-order valence-electron chi connectivity index (χ1n) is 7.61. The second-order valence-corrected chi connectivity index (χ2v) is 5.77. The number of amides is 1. The lowest BCUT2D eigenvalue weighted by Gasteiger charge is -2.19. The van der Waals surface area contributed by atoms with E-state index in [0.717, 1.165) is 25.1 Å². The number of hydrogen-bond acceptors (Lipinski definition) is 5. The first-order valence-corrected chi connectivity index (χ1v) is 7.61. The molecule has 2 unspecified atom stereocenters. The molecule has 114 valence electrons. The van der Waals surface area contributed by atoms with Crippen molar-refractivity contribution in [3.8, 4) is 0 Å². The third-order valence-corrected chi connectivity index (χ3v) is 4.19. The van der Waals surface area contributed by atoms with Gasteiger partial charge in [-0.2, -0.15) is 0 Å². The zero-order valence-corrected chi connectivity index (χ0v) is 12.3. The number of nitrogens with one attached hydrogen (secondary N) is 2. The van der Waals surface area contributed by atoms with Crippen molar-refractivity contribution >= 4 is 11.7 Å². The van der Waals surface area contributed by atoms with Gasteiger partial charge in [0.25, 0.3) is 5.91 Å². The van der Waals surface area contributed by atoms with Gasteiger partial charge in [0.1, 0.15) is 5.82 Å². The number of pyridine rings is 1. The summed E-state index contributed by atoms with van der Waals surface area (Å²) in [6.07, 6.45) is 4.27. The molecule has 0 bridgehead atoms. The molecule has 1 aromatic heterocycles. The predicted molar refractivity (Wildman–Crippen MR) is 79.8 cm³/mol. The lowest BCUT2D eigenvalue weighted by Crippen LogP contribution is -2.41. The lowest BCUT2D eigenvalue weighted by atomic mass is 10.1. The molecule has 1 aliphatic heterocycles. The van der Waals surface area contributed by atoms with Crippen LogP contribution in [0.15, 0.2) is 12.1 Å². The van der Waals surface area contributed by atoms with Crippen LogP contribution in [0.1, 0.15) is 42.2 Å². The summed E-state index contributed by atoms with van der Waals surface area (Å²) in [5, 5.41) is 3.11. The largest absolute Gasteiger partial charge is 0.376 e. The van der Waals surface area contributed by atoms with E-state index in [0.29, 0.717) is 17.3 Å². The van der Waals surface area contributed by atoms with Gasteiger partial charge in [-0.1, -0.05) is 6.92 Å². The Labute approximate surface area is 124 Å². The van der Waals surface area contributed by atoms with Gasteiger partial charge >= 0.3 is 0 Å². The van der Waals surface area contributed by atoms with Gasteiger partial charge in [0.05, 0.1) is 12.1 Å². The molecule has 1 amide bonds. The van der Waals surface area contributed by atoms with Gasteiger partial charge in [0, 0.05) is 17.9 Å². The quantitative estimate of drug-likeness (QED) is 0.560. The molecule has 4 N–H and O–H groups in total. The first-order chi connectivity index (χ1) is 10.2. The van der Waals surface area contributed by atoms with E-state index >= 15 is 0 Å². The molecule has 21 heavy (non-hydrogen) atoms. The van der Waals surface area contributed by atoms with Gasteiger partial charge < -0.3 is 15.5 Å². The Bertz CT molecular complexity index is 508. The minimum atomic E-state index is -0.0789. The van der Waals surface area contributed by atoms with Gasteiger partial charge in [-0.25, -0.2) is 10.8 Å². The summed E-state index contributed by atoms with van der Waals surface area (Å²) in [6.45, 7) is 2.73. The Morgan fingerprint density at radius 3 is 2.90 bits per heavy atom. The minimum Gasteiger partial charge on any atom is -0.376 e. The molecular formula is C15H22N4O2. The summed E-state index contributed by atoms with van der Waals surface area (Å²) >= 11 is 0. The summed E-state index contributed by atoms with van der Waals surface area (Å²) in [5.74, 6) is 6.48. The number of hydrazine groups is 1. The number of aryl methyl sites for hydroxylation is 1. The Morgan fingerprint density at radius 2 is 2.24 bits per heavy atom. The molecule has 6 heteroatoms. The van der Waals surface area contributed by atoms with E-state index < -0.39 is 0 Å². The van der Waals surface area contributed by atoms with E-state index in [2.05, 4.69) is 15.7 Å². The van der Waals surface area contributed by atoms with Crippen LogP contribution in [0.5, 0.6) is 0 Å². The standard InChI is InChI=1S/C15H22N4O2/c1-2-11-7-10(8-13(17-11)19-16)15(20)18-12-5-6-21-14(12)9-3-4-9/h7-9,12,14H,2-6,16H2,1H3,(H,17,19)(H,18,20). The summed E-state index contributed by atoms with van der Waals surface area (Å²) in [7, 11) is 0. The van der Waals surface area contributed by atoms with Crippen LogP contribution in [0.4, 0.5) is 5.82 Å². The van der Waals surface area contributed by atoms with Gasteiger partial charge in [0.2, 0.25) is 0 Å². The Morgan fingerprint density at radius 1 is 1.43 bits per heavy atom. The number of ether oxygens (including phenoxy) is 1. The van der Waals surface area contributed by atoms with Crippen molar-refractivity contribution in [3.63, 3.8) is 0 Å². The highest BCUT2D eigenvalue weighted by atomic mass is 16.5. The maximum Gasteiger partial charge on any atom is 0.251 e. The van der Waals surface area contributed by atoms with Crippen LogP contribution in [0.25, 0.3) is 0 Å². The minimum absolute atomic E-state index is 0.0789. The third kappa shape index (κ3) is 3.16. The topological polar surface area (TPSA) is 89.3 Å². The van der Waals surface area contributed by atoms with Crippen LogP contribution < -0.4 is 16.6 Å². The maximum atomic E-state index is 12.5. The van der Waals surface area contributed by atoms with Crippen LogP contribution >= 0.6 is 0 Å². The van der Waals surface area contributed by atoms with Gasteiger partial charge in [0.15, 0.2) is 0 Å². The van der Waals surface area contributed by atoms with E-state index in [1.165, 1.54) is 12.8 Å². The van der Waals surface area contributed by atoms with Crippen molar-refractivity contribution in [1.82, 2.24) is 10.3 Å². The van der Waals surface area contributed by atoms with Crippen LogP contribution in [0, 0.1) is 5.92 Å². The highest BCUT2D eigenvalue weighted by Gasteiger charge is 2.41. The maximum absolute atomic E-state index is 12.5. The average Bonchev–Trinajstić information content (AvgIpc) is 3.26. The van der Waals surface area contributed by atoms with E-state index in [1.54, 1.807) is 6.07 Å². The number of rotatable bonds is 5. The molecule has 2 fully saturated rings. The third-order valence-electron chi connectivity index (χ3n) is 4.19. The van der Waals surface area contributed by atoms with Crippen LogP contribution in [0.2, 0.25) is 0 Å². The van der Waals surface area contributed by atoms with Crippen molar-refractivity contribution in [2.75, 3.05) is 12.0 Å². The molecule has 2 heterocycles. The highest BCUT2D eigenvalue weighted by Crippen LogP contribution is 2.38. The van der Waals surface area contributed by atoms with Crippen molar-refractivity contribution < 1.29 is 9.53 Å². The molecule has 1 saturated heterocycles. The molecular weight excluding hydrogens is 268 g/mol. The van der Waals surface area contributed by atoms with Crippen LogP contribution in [0.3, 0.4) is 0 Å². The normalized spacial score (nSPS) is 24.9. The van der Waals surface area contributed by atoms with E-state index in [-0.39, 0.29) is 18.1 Å². The number of nitrogens with two attached hydrogens (primary N) is 1. The number of anilines is 1. The fourth-order valence-electron chi connectivity index (χ4n) is 2.88. The Kier molecular flexibility index (Phi) is 4.07. The van der Waals surface area contributed by atoms with E-state index in [9.17, 15) is 4.79 Å². The summed E-state index contributed by atoms with van der Waals surface area (Å²) in [4.78, 5) is 16.8. The molecule has 0 radical (unpaired) electrons. The molecule has 2 atom stereocenters. The molecule has 3 rings (SSSR count). The zero-order valence-electron chi connectivity index (χ0n) is 12.3. The predicted octanol–water partition coefficient (Wildman–Crippen LogP) is 1.23. The Balaban J connectivity index is 1.72. The summed E-state index contributed by atoms with van der Waals surface area (Å²) < 4.78 is 5.76. The first kappa shape index (κ1) is 14.3. The Hall–Kier alpha value is -1.66. The monoisotopic (exact) mass is 290 g/mol. The van der Waals surface area contributed by atoms with Crippen molar-refractivity contribution in [1.29, 1.82) is 0 Å². The fraction of sp³-hybridized carbons (Fsp3) is 0.600. The second-order valence-electron chi connectivity index (χ2n) is 5.77. The molecule has 2 aliphatic rings. The van der Waals surface area contributed by atoms with Crippen molar-refractivity contribution in [3.05, 3.63) is 23.4 Å². The molecule has 1 aliphatic carbocycles. The van der Waals surface area contributed by atoms with Crippen LogP contribution in [-0.2, 0) is 11.2 Å². The van der Waals surface area contributed by atoms with E-state index in [4.69, 9.17) is 10.6 Å². The number of carbonyl (C=O) groups is 1. The molecule has 1 aromatic rings. The van der Waals surface area contributed by atoms with Gasteiger partial charge in [-0.3, -0.25) is 4.79 Å². The number of aromatic nitrogens is 1. The van der Waals surface area contributed by atoms with Gasteiger partial charge in [-0.05, 0) is 43.7 Å². The SMILES string of the molecule is CCc1cc(C(=O)NC2CCOC2C2CC2)cc(NN)n1. The lowest BCUT2D eigenvalue weighted by molar-refractivity contribution is 0.0729. The smallest absolute Gasteiger partial charge is 0.251 e. The van der Waals surface area contributed by atoms with Crippen molar-refractivity contribution in [2.24, 2.45) is 11.8 Å². The fourth-order valence-corrected chi connectivity index (χ4v) is 2.88.